The highest BCUT2D eigenvalue weighted by Crippen LogP contribution is 2.06. The van der Waals surface area contributed by atoms with E-state index in [0.717, 1.165) is 24.5 Å². The molecule has 0 radical (unpaired) electrons. The number of aliphatic imine (C=N–C) groups is 1. The largest absolute Gasteiger partial charge is 0.480 e. The second kappa shape index (κ2) is 8.55. The maximum atomic E-state index is 10.4. The Morgan fingerprint density at radius 3 is 2.73 bits per heavy atom. The van der Waals surface area contributed by atoms with Crippen LogP contribution >= 0.6 is 11.8 Å². The quantitative estimate of drug-likeness (QED) is 0.318. The molecule has 0 bridgehead atoms. The van der Waals surface area contributed by atoms with Crippen molar-refractivity contribution in [1.82, 2.24) is 0 Å². The molecule has 88 valence electrons. The number of carbonyl (C=O) groups is 1. The zero-order valence-corrected chi connectivity index (χ0v) is 9.80. The topological polar surface area (TPSA) is 102 Å². The van der Waals surface area contributed by atoms with Crippen molar-refractivity contribution in [1.29, 1.82) is 0 Å². The van der Waals surface area contributed by atoms with Gasteiger partial charge >= 0.3 is 5.97 Å². The van der Waals surface area contributed by atoms with Gasteiger partial charge in [-0.2, -0.15) is 11.8 Å². The number of carboxylic acids is 1. The van der Waals surface area contributed by atoms with Crippen molar-refractivity contribution in [2.45, 2.75) is 25.8 Å². The molecule has 0 aromatic carbocycles. The smallest absolute Gasteiger partial charge is 0.320 e. The van der Waals surface area contributed by atoms with Crippen LogP contribution in [0.4, 0.5) is 0 Å². The van der Waals surface area contributed by atoms with E-state index in [-0.39, 0.29) is 0 Å². The number of thioether (sulfide) groups is 1. The summed E-state index contributed by atoms with van der Waals surface area (Å²) in [7, 11) is 0. The molecule has 0 saturated heterocycles. The standard InChI is InChI=1S/C9H19N3O2S/c1-7(10)12-4-2-5-15-6-3-8(11)9(13)14/h8H,2-6,11H2,1H3,(H2,10,12)(H,13,14)/t8-/m0/s1. The fourth-order valence-electron chi connectivity index (χ4n) is 0.858. The molecule has 15 heavy (non-hydrogen) atoms. The molecule has 6 heteroatoms. The molecule has 0 heterocycles. The first-order valence-electron chi connectivity index (χ1n) is 4.86. The Morgan fingerprint density at radius 1 is 1.53 bits per heavy atom. The fourth-order valence-corrected chi connectivity index (χ4v) is 1.82. The molecule has 0 fully saturated rings. The highest BCUT2D eigenvalue weighted by Gasteiger charge is 2.09. The SMILES string of the molecule is CC(N)=NCCCSCC[C@H](N)C(=O)O. The van der Waals surface area contributed by atoms with Gasteiger partial charge in [0.1, 0.15) is 6.04 Å². The molecule has 0 rings (SSSR count). The van der Waals surface area contributed by atoms with Crippen LogP contribution in [0.15, 0.2) is 4.99 Å². The number of nitrogens with zero attached hydrogens (tertiary/aromatic N) is 1. The van der Waals surface area contributed by atoms with Crippen LogP contribution in [0.25, 0.3) is 0 Å². The van der Waals surface area contributed by atoms with Crippen molar-refractivity contribution < 1.29 is 9.90 Å². The Kier molecular flexibility index (Phi) is 8.12. The van der Waals surface area contributed by atoms with E-state index in [9.17, 15) is 4.79 Å². The van der Waals surface area contributed by atoms with Crippen molar-refractivity contribution in [3.05, 3.63) is 0 Å². The minimum atomic E-state index is -0.932. The van der Waals surface area contributed by atoms with Gasteiger partial charge in [-0.05, 0) is 31.3 Å². The molecule has 5 N–H and O–H groups in total. The zero-order chi connectivity index (χ0) is 11.7. The average Bonchev–Trinajstić information content (AvgIpc) is 2.15. The third-order valence-electron chi connectivity index (χ3n) is 1.70. The summed E-state index contributed by atoms with van der Waals surface area (Å²) >= 11 is 1.70. The van der Waals surface area contributed by atoms with E-state index in [1.165, 1.54) is 0 Å². The van der Waals surface area contributed by atoms with Gasteiger partial charge in [0, 0.05) is 6.54 Å². The molecular formula is C9H19N3O2S. The second-order valence-electron chi connectivity index (χ2n) is 3.22. The van der Waals surface area contributed by atoms with Gasteiger partial charge in [-0.3, -0.25) is 9.79 Å². The molecule has 0 saturated carbocycles. The molecule has 0 aromatic rings. The third kappa shape index (κ3) is 9.55. The molecule has 0 aliphatic carbocycles. The lowest BCUT2D eigenvalue weighted by atomic mass is 10.2. The van der Waals surface area contributed by atoms with E-state index in [2.05, 4.69) is 4.99 Å². The van der Waals surface area contributed by atoms with Gasteiger partial charge in [0.15, 0.2) is 0 Å². The van der Waals surface area contributed by atoms with Crippen molar-refractivity contribution in [2.24, 2.45) is 16.5 Å². The minimum Gasteiger partial charge on any atom is -0.480 e. The van der Waals surface area contributed by atoms with E-state index < -0.39 is 12.0 Å². The Labute approximate surface area is 94.3 Å². The van der Waals surface area contributed by atoms with Crippen LogP contribution < -0.4 is 11.5 Å². The first kappa shape index (κ1) is 14.2. The lowest BCUT2D eigenvalue weighted by molar-refractivity contribution is -0.138. The molecule has 5 nitrogen and oxygen atoms in total. The van der Waals surface area contributed by atoms with Crippen LogP contribution in [-0.4, -0.2) is 41.0 Å². The summed E-state index contributed by atoms with van der Waals surface area (Å²) in [4.78, 5) is 14.4. The van der Waals surface area contributed by atoms with Gasteiger partial charge in [0.2, 0.25) is 0 Å². The lowest BCUT2D eigenvalue weighted by Crippen LogP contribution is -2.30. The summed E-state index contributed by atoms with van der Waals surface area (Å²) in [5.41, 5.74) is 10.7. The van der Waals surface area contributed by atoms with Gasteiger partial charge in [0.05, 0.1) is 5.84 Å². The molecule has 0 aliphatic heterocycles. The highest BCUT2D eigenvalue weighted by atomic mass is 32.2. The number of carboxylic acid groups (broad SMARTS) is 1. The maximum absolute atomic E-state index is 10.4. The summed E-state index contributed by atoms with van der Waals surface area (Å²) in [5.74, 6) is 1.41. The number of hydrogen-bond acceptors (Lipinski definition) is 4. The van der Waals surface area contributed by atoms with Crippen LogP contribution in [0.2, 0.25) is 0 Å². The summed E-state index contributed by atoms with van der Waals surface area (Å²) in [6, 6.07) is -0.734. The summed E-state index contributed by atoms with van der Waals surface area (Å²) < 4.78 is 0. The number of rotatable bonds is 8. The number of aliphatic carboxylic acids is 1. The van der Waals surface area contributed by atoms with Crippen LogP contribution in [0, 0.1) is 0 Å². The fraction of sp³-hybridized carbons (Fsp3) is 0.778. The summed E-state index contributed by atoms with van der Waals surface area (Å²) in [5, 5.41) is 8.52. The predicted octanol–water partition coefficient (Wildman–Crippen LogP) is 0.289. The normalized spacial score (nSPS) is 13.9. The Morgan fingerprint density at radius 2 is 2.20 bits per heavy atom. The minimum absolute atomic E-state index is 0.513. The number of amidine groups is 1. The van der Waals surface area contributed by atoms with E-state index >= 15 is 0 Å². The first-order chi connectivity index (χ1) is 7.04. The Bertz CT molecular complexity index is 217. The first-order valence-corrected chi connectivity index (χ1v) is 6.02. The van der Waals surface area contributed by atoms with E-state index in [4.69, 9.17) is 16.6 Å². The molecule has 0 amide bonds. The van der Waals surface area contributed by atoms with Crippen LogP contribution in [0.5, 0.6) is 0 Å². The lowest BCUT2D eigenvalue weighted by Gasteiger charge is -2.05. The van der Waals surface area contributed by atoms with Gasteiger partial charge < -0.3 is 16.6 Å². The molecular weight excluding hydrogens is 214 g/mol. The molecule has 1 atom stereocenters. The van der Waals surface area contributed by atoms with Crippen molar-refractivity contribution in [3.8, 4) is 0 Å². The van der Waals surface area contributed by atoms with E-state index in [1.807, 2.05) is 0 Å². The van der Waals surface area contributed by atoms with Crippen molar-refractivity contribution >= 4 is 23.6 Å². The van der Waals surface area contributed by atoms with Gasteiger partial charge in [0.25, 0.3) is 0 Å². The Balaban J connectivity index is 3.25. The van der Waals surface area contributed by atoms with Crippen LogP contribution in [-0.2, 0) is 4.79 Å². The van der Waals surface area contributed by atoms with Gasteiger partial charge in [-0.15, -0.1) is 0 Å². The highest BCUT2D eigenvalue weighted by molar-refractivity contribution is 7.99. The number of hydrogen-bond donors (Lipinski definition) is 3. The predicted molar refractivity (Wildman–Crippen MR) is 64.3 cm³/mol. The Hall–Kier alpha value is -0.750. The van der Waals surface area contributed by atoms with Gasteiger partial charge in [-0.25, -0.2) is 0 Å². The molecule has 0 unspecified atom stereocenters. The van der Waals surface area contributed by atoms with Crippen molar-refractivity contribution in [3.63, 3.8) is 0 Å². The molecule has 0 aliphatic rings. The molecule has 0 aromatic heterocycles. The zero-order valence-electron chi connectivity index (χ0n) is 8.98. The maximum Gasteiger partial charge on any atom is 0.320 e. The summed E-state index contributed by atoms with van der Waals surface area (Å²) in [6.07, 6.45) is 1.47. The third-order valence-corrected chi connectivity index (χ3v) is 2.80. The summed E-state index contributed by atoms with van der Waals surface area (Å²) in [6.45, 7) is 2.50. The van der Waals surface area contributed by atoms with Crippen LogP contribution in [0.1, 0.15) is 19.8 Å². The van der Waals surface area contributed by atoms with Gasteiger partial charge in [-0.1, -0.05) is 0 Å². The van der Waals surface area contributed by atoms with E-state index in [0.29, 0.717) is 12.3 Å². The van der Waals surface area contributed by atoms with Crippen molar-refractivity contribution in [2.75, 3.05) is 18.1 Å². The molecule has 0 spiro atoms. The average molecular weight is 233 g/mol. The monoisotopic (exact) mass is 233 g/mol. The number of nitrogens with two attached hydrogens (primary N) is 2. The van der Waals surface area contributed by atoms with E-state index in [1.54, 1.807) is 18.7 Å². The van der Waals surface area contributed by atoms with Crippen LogP contribution in [0.3, 0.4) is 0 Å². The second-order valence-corrected chi connectivity index (χ2v) is 4.45.